The van der Waals surface area contributed by atoms with E-state index in [2.05, 4.69) is 9.97 Å². The Morgan fingerprint density at radius 1 is 1.06 bits per heavy atom. The molecule has 2 aromatic heterocycles. The molecule has 4 aromatic rings. The largest absolute Gasteiger partial charge is 0.504 e. The standard InChI is InChI=1S/C22H13Cl2F2N3O2S/c1-11(30)29(19-7-2-12(25)8-18(19)26)22-28-14(10-32-22)4-3-13-5-6-15-16(23)9-17(24)21(31)20(15)27-13/h2-10,31H,1H3/b4-3+. The molecule has 0 aliphatic carbocycles. The Morgan fingerprint density at radius 2 is 1.81 bits per heavy atom. The molecule has 162 valence electrons. The molecule has 0 saturated carbocycles. The number of hydrogen-bond donors (Lipinski definition) is 1. The number of phenolic OH excluding ortho intramolecular Hbond substituents is 1. The summed E-state index contributed by atoms with van der Waals surface area (Å²) in [5.74, 6) is -2.25. The van der Waals surface area contributed by atoms with Gasteiger partial charge in [-0.2, -0.15) is 0 Å². The van der Waals surface area contributed by atoms with Crippen molar-refractivity contribution in [1.82, 2.24) is 9.97 Å². The summed E-state index contributed by atoms with van der Waals surface area (Å²) >= 11 is 13.2. The maximum atomic E-state index is 14.2. The maximum Gasteiger partial charge on any atom is 0.230 e. The van der Waals surface area contributed by atoms with Gasteiger partial charge in [0.1, 0.15) is 17.2 Å². The van der Waals surface area contributed by atoms with Gasteiger partial charge < -0.3 is 5.11 Å². The fourth-order valence-corrected chi connectivity index (χ4v) is 4.37. The zero-order valence-corrected chi connectivity index (χ0v) is 18.6. The average Bonchev–Trinajstić information content (AvgIpc) is 3.20. The van der Waals surface area contributed by atoms with E-state index >= 15 is 0 Å². The number of nitrogens with zero attached hydrogens (tertiary/aromatic N) is 3. The third kappa shape index (κ3) is 4.29. The summed E-state index contributed by atoms with van der Waals surface area (Å²) in [5, 5.41) is 13.1. The highest BCUT2D eigenvalue weighted by Crippen LogP contribution is 2.36. The molecule has 2 heterocycles. The van der Waals surface area contributed by atoms with E-state index in [1.54, 1.807) is 29.7 Å². The van der Waals surface area contributed by atoms with Crippen LogP contribution in [-0.4, -0.2) is 21.0 Å². The van der Waals surface area contributed by atoms with Gasteiger partial charge in [-0.25, -0.2) is 18.7 Å². The maximum absolute atomic E-state index is 14.2. The van der Waals surface area contributed by atoms with Crippen LogP contribution in [0.2, 0.25) is 10.0 Å². The molecule has 0 fully saturated rings. The van der Waals surface area contributed by atoms with Crippen LogP contribution >= 0.6 is 34.5 Å². The van der Waals surface area contributed by atoms with Crippen LogP contribution in [0.3, 0.4) is 0 Å². The molecule has 0 saturated heterocycles. The highest BCUT2D eigenvalue weighted by Gasteiger charge is 2.21. The molecule has 0 bridgehead atoms. The molecule has 4 rings (SSSR count). The second-order valence-electron chi connectivity index (χ2n) is 6.66. The Kier molecular flexibility index (Phi) is 6.10. The van der Waals surface area contributed by atoms with Crippen LogP contribution in [0.1, 0.15) is 18.3 Å². The van der Waals surface area contributed by atoms with Crippen molar-refractivity contribution < 1.29 is 18.7 Å². The van der Waals surface area contributed by atoms with Gasteiger partial charge in [0.15, 0.2) is 10.9 Å². The van der Waals surface area contributed by atoms with Gasteiger partial charge in [0.2, 0.25) is 5.91 Å². The van der Waals surface area contributed by atoms with Gasteiger partial charge in [0, 0.05) is 23.8 Å². The van der Waals surface area contributed by atoms with Crippen LogP contribution < -0.4 is 4.90 Å². The van der Waals surface area contributed by atoms with Crippen LogP contribution in [0.4, 0.5) is 19.6 Å². The second-order valence-corrected chi connectivity index (χ2v) is 8.31. The van der Waals surface area contributed by atoms with Crippen LogP contribution in [-0.2, 0) is 4.79 Å². The number of amides is 1. The molecule has 0 atom stereocenters. The first-order valence-corrected chi connectivity index (χ1v) is 10.7. The monoisotopic (exact) mass is 491 g/mol. The molecule has 32 heavy (non-hydrogen) atoms. The topological polar surface area (TPSA) is 66.3 Å². The van der Waals surface area contributed by atoms with E-state index in [1.807, 2.05) is 0 Å². The minimum Gasteiger partial charge on any atom is -0.504 e. The van der Waals surface area contributed by atoms with E-state index < -0.39 is 17.5 Å². The zero-order chi connectivity index (χ0) is 23.0. The minimum absolute atomic E-state index is 0.0933. The number of aromatic hydroxyl groups is 1. The summed E-state index contributed by atoms with van der Waals surface area (Å²) < 4.78 is 27.5. The van der Waals surface area contributed by atoms with Crippen molar-refractivity contribution in [3.8, 4) is 5.75 Å². The Bertz CT molecular complexity index is 1390. The number of carbonyl (C=O) groups excluding carboxylic acids is 1. The normalized spacial score (nSPS) is 11.4. The van der Waals surface area contributed by atoms with E-state index in [1.165, 1.54) is 19.1 Å². The van der Waals surface area contributed by atoms with Gasteiger partial charge in [-0.15, -0.1) is 11.3 Å². The van der Waals surface area contributed by atoms with Gasteiger partial charge in [0.25, 0.3) is 0 Å². The molecule has 1 amide bonds. The number of hydrogen-bond acceptors (Lipinski definition) is 5. The zero-order valence-electron chi connectivity index (χ0n) is 16.3. The van der Waals surface area contributed by atoms with Gasteiger partial charge in [0.05, 0.1) is 27.1 Å². The number of carbonyl (C=O) groups is 1. The number of halogens is 4. The number of fused-ring (bicyclic) bond motifs is 1. The van der Waals surface area contributed by atoms with Crippen molar-refractivity contribution in [2.24, 2.45) is 0 Å². The van der Waals surface area contributed by atoms with Gasteiger partial charge in [-0.1, -0.05) is 23.2 Å². The van der Waals surface area contributed by atoms with Crippen molar-refractivity contribution in [3.05, 3.63) is 74.8 Å². The third-order valence-corrected chi connectivity index (χ3v) is 5.91. The first-order valence-electron chi connectivity index (χ1n) is 9.11. The second kappa shape index (κ2) is 8.82. The predicted molar refractivity (Wildman–Crippen MR) is 124 cm³/mol. The quantitative estimate of drug-likeness (QED) is 0.339. The molecule has 1 N–H and O–H groups in total. The Balaban J connectivity index is 1.65. The average molecular weight is 492 g/mol. The summed E-state index contributed by atoms with van der Waals surface area (Å²) in [6.45, 7) is 1.27. The van der Waals surface area contributed by atoms with Gasteiger partial charge in [-0.05, 0) is 42.5 Å². The van der Waals surface area contributed by atoms with Crippen LogP contribution in [0.15, 0.2) is 41.8 Å². The van der Waals surface area contributed by atoms with Crippen LogP contribution in [0.25, 0.3) is 23.1 Å². The van der Waals surface area contributed by atoms with Gasteiger partial charge in [-0.3, -0.25) is 9.69 Å². The fraction of sp³-hybridized carbons (Fsp3) is 0.0455. The van der Waals surface area contributed by atoms with Crippen molar-refractivity contribution in [1.29, 1.82) is 0 Å². The van der Waals surface area contributed by atoms with E-state index in [4.69, 9.17) is 23.2 Å². The molecule has 0 aliphatic heterocycles. The van der Waals surface area contributed by atoms with E-state index in [-0.39, 0.29) is 27.1 Å². The van der Waals surface area contributed by atoms with Crippen molar-refractivity contribution >= 4 is 74.3 Å². The molecule has 0 spiro atoms. The lowest BCUT2D eigenvalue weighted by Gasteiger charge is -2.18. The number of pyridine rings is 1. The smallest absolute Gasteiger partial charge is 0.230 e. The Hall–Kier alpha value is -3.07. The number of anilines is 2. The van der Waals surface area contributed by atoms with Crippen molar-refractivity contribution in [2.45, 2.75) is 6.92 Å². The number of phenols is 1. The Labute approximate surface area is 195 Å². The molecule has 0 aliphatic rings. The lowest BCUT2D eigenvalue weighted by molar-refractivity contribution is -0.115. The van der Waals surface area contributed by atoms with Crippen molar-refractivity contribution in [3.63, 3.8) is 0 Å². The van der Waals surface area contributed by atoms with Crippen LogP contribution in [0.5, 0.6) is 5.75 Å². The van der Waals surface area contributed by atoms with Crippen molar-refractivity contribution in [2.75, 3.05) is 4.90 Å². The summed E-state index contributed by atoms with van der Waals surface area (Å²) in [6.07, 6.45) is 3.31. The van der Waals surface area contributed by atoms with E-state index in [0.29, 0.717) is 27.9 Å². The highest BCUT2D eigenvalue weighted by atomic mass is 35.5. The number of rotatable bonds is 4. The first kappa shape index (κ1) is 22.1. The number of aromatic nitrogens is 2. The van der Waals surface area contributed by atoms with E-state index in [9.17, 15) is 18.7 Å². The molecule has 0 radical (unpaired) electrons. The summed E-state index contributed by atoms with van der Waals surface area (Å²) in [6, 6.07) is 7.83. The highest BCUT2D eigenvalue weighted by molar-refractivity contribution is 7.14. The first-order chi connectivity index (χ1) is 15.2. The predicted octanol–water partition coefficient (Wildman–Crippen LogP) is 6.84. The molecule has 2 aromatic carbocycles. The molecular weight excluding hydrogens is 479 g/mol. The Morgan fingerprint density at radius 3 is 2.53 bits per heavy atom. The molecular formula is C22H13Cl2F2N3O2S. The molecule has 5 nitrogen and oxygen atoms in total. The minimum atomic E-state index is -0.870. The SMILES string of the molecule is CC(=O)N(c1nc(/C=C/c2ccc3c(Cl)cc(Cl)c(O)c3n2)cs1)c1ccc(F)cc1F. The summed E-state index contributed by atoms with van der Waals surface area (Å²) in [7, 11) is 0. The summed E-state index contributed by atoms with van der Waals surface area (Å²) in [4.78, 5) is 21.9. The summed E-state index contributed by atoms with van der Waals surface area (Å²) in [5.41, 5.74) is 1.17. The third-order valence-electron chi connectivity index (χ3n) is 4.47. The molecule has 10 heteroatoms. The van der Waals surface area contributed by atoms with Crippen LogP contribution in [0, 0.1) is 11.6 Å². The molecule has 0 unspecified atom stereocenters. The lowest BCUT2D eigenvalue weighted by atomic mass is 10.2. The fourth-order valence-electron chi connectivity index (χ4n) is 3.01. The lowest BCUT2D eigenvalue weighted by Crippen LogP contribution is -2.23. The van der Waals surface area contributed by atoms with E-state index in [0.717, 1.165) is 22.3 Å². The number of thiazole rings is 1. The number of benzene rings is 2. The van der Waals surface area contributed by atoms with Gasteiger partial charge >= 0.3 is 0 Å².